The summed E-state index contributed by atoms with van der Waals surface area (Å²) in [6, 6.07) is 14.3. The fourth-order valence-electron chi connectivity index (χ4n) is 2.93. The molecule has 1 atom stereocenters. The Morgan fingerprint density at radius 1 is 1.23 bits per heavy atom. The van der Waals surface area contributed by atoms with E-state index in [9.17, 15) is 9.59 Å². The maximum atomic E-state index is 12.7. The van der Waals surface area contributed by atoms with E-state index in [-0.39, 0.29) is 0 Å². The topological polar surface area (TPSA) is 86.1 Å². The summed E-state index contributed by atoms with van der Waals surface area (Å²) >= 11 is 0. The van der Waals surface area contributed by atoms with Crippen LogP contribution in [0.2, 0.25) is 0 Å². The second-order valence-corrected chi connectivity index (χ2v) is 6.02. The minimum atomic E-state index is -0.884. The first-order valence-electron chi connectivity index (χ1n) is 8.19. The number of amides is 1. The van der Waals surface area contributed by atoms with Crippen LogP contribution in [0.1, 0.15) is 21.6 Å². The second-order valence-electron chi connectivity index (χ2n) is 6.02. The van der Waals surface area contributed by atoms with Crippen molar-refractivity contribution in [2.24, 2.45) is 0 Å². The van der Waals surface area contributed by atoms with Gasteiger partial charge in [-0.25, -0.2) is 9.78 Å². The van der Waals surface area contributed by atoms with Crippen LogP contribution in [0.4, 0.5) is 5.82 Å². The second kappa shape index (κ2) is 6.44. The molecule has 0 saturated carbocycles. The maximum absolute atomic E-state index is 12.7. The molecule has 4 rings (SSSR count). The number of aryl methyl sites for hydroxylation is 1. The van der Waals surface area contributed by atoms with Crippen molar-refractivity contribution < 1.29 is 14.3 Å². The molecule has 7 heteroatoms. The lowest BCUT2D eigenvalue weighted by Gasteiger charge is -2.23. The highest BCUT2D eigenvalue weighted by atomic mass is 16.5. The lowest BCUT2D eigenvalue weighted by molar-refractivity contribution is -0.125. The molecule has 1 N–H and O–H groups in total. The molecule has 2 aromatic heterocycles. The standard InChI is InChI=1S/C19H16N4O3/c1-12-10-17(23(22-12)16-8-4-5-9-20-16)21-18(24)15-11-13-6-2-3-7-14(13)19(25)26-15/h2-10,15H,11H2,1H3,(H,21,24). The van der Waals surface area contributed by atoms with E-state index < -0.39 is 18.0 Å². The number of carbonyl (C=O) groups is 2. The average molecular weight is 348 g/mol. The van der Waals surface area contributed by atoms with E-state index in [0.717, 1.165) is 11.3 Å². The summed E-state index contributed by atoms with van der Waals surface area (Å²) in [5.41, 5.74) is 2.04. The van der Waals surface area contributed by atoms with Gasteiger partial charge in [0.15, 0.2) is 11.9 Å². The van der Waals surface area contributed by atoms with E-state index in [0.29, 0.717) is 23.6 Å². The van der Waals surface area contributed by atoms with Crippen molar-refractivity contribution in [1.82, 2.24) is 14.8 Å². The first kappa shape index (κ1) is 16.0. The monoisotopic (exact) mass is 348 g/mol. The normalized spacial score (nSPS) is 15.9. The Morgan fingerprint density at radius 2 is 2.04 bits per heavy atom. The van der Waals surface area contributed by atoms with Crippen molar-refractivity contribution in [3.63, 3.8) is 0 Å². The summed E-state index contributed by atoms with van der Waals surface area (Å²) in [5.74, 6) is 0.175. The highest BCUT2D eigenvalue weighted by Crippen LogP contribution is 2.22. The molecule has 26 heavy (non-hydrogen) atoms. The predicted octanol–water partition coefficient (Wildman–Crippen LogP) is 2.30. The third-order valence-electron chi connectivity index (χ3n) is 4.13. The molecule has 0 bridgehead atoms. The molecule has 0 saturated heterocycles. The van der Waals surface area contributed by atoms with E-state index in [1.807, 2.05) is 25.1 Å². The molecule has 130 valence electrons. The Hall–Kier alpha value is -3.48. The van der Waals surface area contributed by atoms with Crippen LogP contribution in [0.5, 0.6) is 0 Å². The molecule has 3 heterocycles. The molecule has 1 amide bonds. The molecular weight excluding hydrogens is 332 g/mol. The van der Waals surface area contributed by atoms with Crippen LogP contribution in [0, 0.1) is 6.92 Å². The molecule has 1 aliphatic rings. The Balaban J connectivity index is 1.58. The van der Waals surface area contributed by atoms with Crippen LogP contribution in [0.25, 0.3) is 5.82 Å². The number of nitrogens with one attached hydrogen (secondary N) is 1. The van der Waals surface area contributed by atoms with E-state index in [1.165, 1.54) is 0 Å². The Morgan fingerprint density at radius 3 is 2.85 bits per heavy atom. The van der Waals surface area contributed by atoms with Gasteiger partial charge in [-0.05, 0) is 30.7 Å². The van der Waals surface area contributed by atoms with E-state index >= 15 is 0 Å². The number of pyridine rings is 1. The number of carbonyl (C=O) groups excluding carboxylic acids is 2. The SMILES string of the molecule is Cc1cc(NC(=O)C2Cc3ccccc3C(=O)O2)n(-c2ccccn2)n1. The lowest BCUT2D eigenvalue weighted by Crippen LogP contribution is -2.38. The minimum absolute atomic E-state index is 0.338. The van der Waals surface area contributed by atoms with Crippen LogP contribution in [0.15, 0.2) is 54.7 Å². The van der Waals surface area contributed by atoms with E-state index in [1.54, 1.807) is 41.2 Å². The highest BCUT2D eigenvalue weighted by molar-refractivity contribution is 5.99. The maximum Gasteiger partial charge on any atom is 0.339 e. The number of rotatable bonds is 3. The van der Waals surface area contributed by atoms with Gasteiger partial charge < -0.3 is 10.1 Å². The van der Waals surface area contributed by atoms with Crippen molar-refractivity contribution in [2.45, 2.75) is 19.4 Å². The van der Waals surface area contributed by atoms with Crippen LogP contribution in [-0.4, -0.2) is 32.7 Å². The van der Waals surface area contributed by atoms with Gasteiger partial charge in [0.25, 0.3) is 5.91 Å². The number of hydrogen-bond donors (Lipinski definition) is 1. The van der Waals surface area contributed by atoms with Crippen LogP contribution < -0.4 is 5.32 Å². The Labute approximate surface area is 149 Å². The molecule has 3 aromatic rings. The van der Waals surface area contributed by atoms with Gasteiger partial charge in [-0.15, -0.1) is 0 Å². The number of anilines is 1. The van der Waals surface area contributed by atoms with Crippen LogP contribution in [0.3, 0.4) is 0 Å². The summed E-state index contributed by atoms with van der Waals surface area (Å²) < 4.78 is 6.85. The van der Waals surface area contributed by atoms with Gasteiger partial charge in [-0.2, -0.15) is 9.78 Å². The van der Waals surface area contributed by atoms with E-state index in [2.05, 4.69) is 15.4 Å². The number of hydrogen-bond acceptors (Lipinski definition) is 5. The van der Waals surface area contributed by atoms with Gasteiger partial charge in [0, 0.05) is 18.7 Å². The molecule has 0 fully saturated rings. The summed E-state index contributed by atoms with van der Waals surface area (Å²) in [6.45, 7) is 1.83. The molecule has 1 aliphatic heterocycles. The van der Waals surface area contributed by atoms with Crippen molar-refractivity contribution in [2.75, 3.05) is 5.32 Å². The smallest absolute Gasteiger partial charge is 0.339 e. The quantitative estimate of drug-likeness (QED) is 0.734. The first-order chi connectivity index (χ1) is 12.6. The minimum Gasteiger partial charge on any atom is -0.448 e. The van der Waals surface area contributed by atoms with Crippen molar-refractivity contribution in [1.29, 1.82) is 0 Å². The van der Waals surface area contributed by atoms with Gasteiger partial charge in [0.1, 0.15) is 5.82 Å². The number of esters is 1. The number of cyclic esters (lactones) is 1. The third kappa shape index (κ3) is 2.95. The predicted molar refractivity (Wildman–Crippen MR) is 94.1 cm³/mol. The van der Waals surface area contributed by atoms with Crippen LogP contribution in [-0.2, 0) is 16.0 Å². The summed E-state index contributed by atoms with van der Waals surface area (Å²) in [4.78, 5) is 29.0. The molecule has 0 spiro atoms. The summed E-state index contributed by atoms with van der Waals surface area (Å²) in [5, 5.41) is 7.16. The number of aromatic nitrogens is 3. The zero-order valence-electron chi connectivity index (χ0n) is 14.0. The van der Waals surface area contributed by atoms with Gasteiger partial charge >= 0.3 is 5.97 Å². The largest absolute Gasteiger partial charge is 0.448 e. The highest BCUT2D eigenvalue weighted by Gasteiger charge is 2.31. The zero-order chi connectivity index (χ0) is 18.1. The van der Waals surface area contributed by atoms with E-state index in [4.69, 9.17) is 4.74 Å². The number of fused-ring (bicyclic) bond motifs is 1. The molecule has 1 unspecified atom stereocenters. The van der Waals surface area contributed by atoms with Gasteiger partial charge in [0.05, 0.1) is 11.3 Å². The van der Waals surface area contributed by atoms with Gasteiger partial charge in [0.2, 0.25) is 0 Å². The Bertz CT molecular complexity index is 981. The third-order valence-corrected chi connectivity index (χ3v) is 4.13. The van der Waals surface area contributed by atoms with Crippen molar-refractivity contribution in [3.05, 3.63) is 71.5 Å². The lowest BCUT2D eigenvalue weighted by atomic mass is 9.98. The van der Waals surface area contributed by atoms with Crippen molar-refractivity contribution >= 4 is 17.7 Å². The molecule has 7 nitrogen and oxygen atoms in total. The number of ether oxygens (including phenoxy) is 1. The summed E-state index contributed by atoms with van der Waals surface area (Å²) in [7, 11) is 0. The number of nitrogens with zero attached hydrogens (tertiary/aromatic N) is 3. The van der Waals surface area contributed by atoms with Crippen molar-refractivity contribution in [3.8, 4) is 5.82 Å². The number of benzene rings is 1. The van der Waals surface area contributed by atoms with Crippen LogP contribution >= 0.6 is 0 Å². The molecular formula is C19H16N4O3. The fourth-order valence-corrected chi connectivity index (χ4v) is 2.93. The molecule has 0 aliphatic carbocycles. The Kier molecular flexibility index (Phi) is 3.96. The fraction of sp³-hybridized carbons (Fsp3) is 0.158. The zero-order valence-corrected chi connectivity index (χ0v) is 14.0. The van der Waals surface area contributed by atoms with Gasteiger partial charge in [-0.3, -0.25) is 4.79 Å². The van der Waals surface area contributed by atoms with Gasteiger partial charge in [-0.1, -0.05) is 24.3 Å². The average Bonchev–Trinajstić information content (AvgIpc) is 3.02. The molecule has 0 radical (unpaired) electrons. The molecule has 1 aromatic carbocycles. The first-order valence-corrected chi connectivity index (χ1v) is 8.19. The summed E-state index contributed by atoms with van der Waals surface area (Å²) in [6.07, 6.45) is 1.10.